The lowest BCUT2D eigenvalue weighted by Crippen LogP contribution is -2.53. The van der Waals surface area contributed by atoms with Crippen molar-refractivity contribution in [3.05, 3.63) is 0 Å². The second-order valence-corrected chi connectivity index (χ2v) is 15.4. The second kappa shape index (κ2) is 15.4. The quantitative estimate of drug-likeness (QED) is 0.0740. The molecular weight excluding hydrogens is 546 g/mol. The van der Waals surface area contributed by atoms with E-state index in [1.165, 1.54) is 0 Å². The van der Waals surface area contributed by atoms with Crippen LogP contribution in [-0.2, 0) is 43.6 Å². The lowest BCUT2D eigenvalue weighted by Gasteiger charge is -2.39. The highest BCUT2D eigenvalue weighted by Gasteiger charge is 2.43. The molecule has 0 unspecified atom stereocenters. The van der Waals surface area contributed by atoms with Crippen LogP contribution in [0.2, 0.25) is 6.04 Å². The van der Waals surface area contributed by atoms with Gasteiger partial charge in [0.2, 0.25) is 0 Å². The Morgan fingerprint density at radius 2 is 1.06 bits per heavy atom. The minimum atomic E-state index is -4.26. The van der Waals surface area contributed by atoms with E-state index in [4.69, 9.17) is 33.4 Å². The van der Waals surface area contributed by atoms with Crippen LogP contribution in [0.3, 0.4) is 0 Å². The molecule has 0 atom stereocenters. The van der Waals surface area contributed by atoms with Crippen molar-refractivity contribution >= 4 is 39.2 Å². The molecule has 0 bridgehead atoms. The third-order valence-corrected chi connectivity index (χ3v) is 10.4. The topological polar surface area (TPSA) is 191 Å². The van der Waals surface area contributed by atoms with Crippen molar-refractivity contribution in [2.45, 2.75) is 45.6 Å². The minimum Gasteiger partial charge on any atom is -0.451 e. The largest absolute Gasteiger partial charge is 0.574 e. The first-order valence-electron chi connectivity index (χ1n) is 11.1. The molecule has 0 heterocycles. The van der Waals surface area contributed by atoms with Gasteiger partial charge in [0.25, 0.3) is 30.4 Å². The third kappa shape index (κ3) is 17.3. The van der Waals surface area contributed by atoms with Gasteiger partial charge in [-0.05, 0) is 13.8 Å². The normalized spacial score (nSPS) is 13.5. The molecular formula is C18H38NO12S3Si+. The molecule has 0 fully saturated rings. The van der Waals surface area contributed by atoms with E-state index in [0.717, 1.165) is 0 Å². The zero-order valence-corrected chi connectivity index (χ0v) is 23.6. The molecule has 13 nitrogen and oxygen atoms in total. The van der Waals surface area contributed by atoms with Crippen LogP contribution in [0.15, 0.2) is 0 Å². The van der Waals surface area contributed by atoms with Gasteiger partial charge in [-0.2, -0.15) is 25.3 Å². The Morgan fingerprint density at radius 1 is 0.714 bits per heavy atom. The highest BCUT2D eigenvalue weighted by Crippen LogP contribution is 2.22. The van der Waals surface area contributed by atoms with Crippen molar-refractivity contribution < 1.29 is 56.7 Å². The van der Waals surface area contributed by atoms with E-state index in [2.05, 4.69) is 6.11 Å². The van der Waals surface area contributed by atoms with E-state index < -0.39 is 56.4 Å². The molecule has 0 aliphatic rings. The smallest absolute Gasteiger partial charge is 0.451 e. The van der Waals surface area contributed by atoms with Crippen molar-refractivity contribution in [1.82, 2.24) is 0 Å². The SMILES string of the molecule is C#CO[Si](CCC[N+](CCCS(=O)(=O)O)(CCCS(=O)(=O)O)CCCS(=O)(=O)O)(OCC)OCC. The predicted octanol–water partition coefficient (Wildman–Crippen LogP) is 0.646. The van der Waals surface area contributed by atoms with Crippen molar-refractivity contribution in [3.8, 4) is 12.5 Å². The number of nitrogens with zero attached hydrogens (tertiary/aromatic N) is 1. The van der Waals surface area contributed by atoms with Gasteiger partial charge in [-0.1, -0.05) is 6.42 Å². The van der Waals surface area contributed by atoms with Crippen LogP contribution in [-0.4, -0.2) is 109 Å². The maximum atomic E-state index is 11.2. The highest BCUT2D eigenvalue weighted by molar-refractivity contribution is 7.86. The van der Waals surface area contributed by atoms with Crippen LogP contribution in [0.1, 0.15) is 39.5 Å². The zero-order chi connectivity index (χ0) is 27.2. The highest BCUT2D eigenvalue weighted by atomic mass is 32.2. The molecule has 0 saturated carbocycles. The maximum Gasteiger partial charge on any atom is 0.574 e. The Bertz CT molecular complexity index is 878. The summed E-state index contributed by atoms with van der Waals surface area (Å²) in [4.78, 5) is 0. The van der Waals surface area contributed by atoms with Crippen molar-refractivity contribution in [3.63, 3.8) is 0 Å². The van der Waals surface area contributed by atoms with Crippen LogP contribution in [0.4, 0.5) is 0 Å². The fourth-order valence-corrected chi connectivity index (χ4v) is 7.60. The van der Waals surface area contributed by atoms with Crippen LogP contribution in [0.25, 0.3) is 0 Å². The van der Waals surface area contributed by atoms with E-state index in [0.29, 0.717) is 13.0 Å². The van der Waals surface area contributed by atoms with E-state index in [9.17, 15) is 25.3 Å². The summed E-state index contributed by atoms with van der Waals surface area (Å²) < 4.78 is 112. The minimum absolute atomic E-state index is 0.0108. The first-order valence-corrected chi connectivity index (χ1v) is 17.9. The van der Waals surface area contributed by atoms with Gasteiger partial charge in [0.05, 0.1) is 49.5 Å². The predicted molar refractivity (Wildman–Crippen MR) is 131 cm³/mol. The Hall–Kier alpha value is -0.813. The molecule has 3 N–H and O–H groups in total. The third-order valence-electron chi connectivity index (χ3n) is 5.16. The lowest BCUT2D eigenvalue weighted by atomic mass is 10.2. The summed E-state index contributed by atoms with van der Waals surface area (Å²) in [6.07, 6.45) is 7.83. The van der Waals surface area contributed by atoms with Gasteiger partial charge in [0.1, 0.15) is 0 Å². The first kappa shape index (κ1) is 34.2. The Balaban J connectivity index is 5.82. The molecule has 0 saturated heterocycles. The molecule has 0 radical (unpaired) electrons. The number of quaternary nitrogens is 1. The van der Waals surface area contributed by atoms with Gasteiger partial charge in [-0.25, -0.2) is 0 Å². The number of hydrogen-bond donors (Lipinski definition) is 3. The number of terminal acetylenes is 1. The molecule has 0 rings (SSSR count). The van der Waals surface area contributed by atoms with Crippen molar-refractivity contribution in [2.75, 3.05) is 56.7 Å². The van der Waals surface area contributed by atoms with Gasteiger partial charge in [-0.3, -0.25) is 13.7 Å². The fraction of sp³-hybridized carbons (Fsp3) is 0.889. The molecule has 208 valence electrons. The number of rotatable bonds is 21. The molecule has 0 aliphatic heterocycles. The Labute approximate surface area is 210 Å². The van der Waals surface area contributed by atoms with Crippen LogP contribution >= 0.6 is 0 Å². The summed E-state index contributed by atoms with van der Waals surface area (Å²) in [7, 11) is -16.0. The molecule has 0 aromatic rings. The molecule has 35 heavy (non-hydrogen) atoms. The summed E-state index contributed by atoms with van der Waals surface area (Å²) in [5.41, 5.74) is 0. The van der Waals surface area contributed by atoms with Crippen LogP contribution < -0.4 is 0 Å². The summed E-state index contributed by atoms with van der Waals surface area (Å²) in [6.45, 7) is 4.85. The molecule has 0 spiro atoms. The van der Waals surface area contributed by atoms with E-state index in [-0.39, 0.29) is 62.6 Å². The second-order valence-electron chi connectivity index (χ2n) is 8.03. The average Bonchev–Trinajstić information content (AvgIpc) is 2.65. The van der Waals surface area contributed by atoms with Gasteiger partial charge in [-0.15, -0.1) is 0 Å². The van der Waals surface area contributed by atoms with Gasteiger partial charge in [0, 0.05) is 44.9 Å². The maximum absolute atomic E-state index is 11.2. The van der Waals surface area contributed by atoms with Gasteiger partial charge in [0.15, 0.2) is 0 Å². The molecule has 17 heteroatoms. The van der Waals surface area contributed by atoms with E-state index in [1.807, 2.05) is 0 Å². The van der Waals surface area contributed by atoms with Gasteiger partial charge < -0.3 is 17.8 Å². The molecule has 0 aromatic heterocycles. The van der Waals surface area contributed by atoms with Gasteiger partial charge >= 0.3 is 8.80 Å². The average molecular weight is 585 g/mol. The number of hydrogen-bond acceptors (Lipinski definition) is 9. The lowest BCUT2D eigenvalue weighted by molar-refractivity contribution is -0.928. The Morgan fingerprint density at radius 3 is 1.34 bits per heavy atom. The first-order chi connectivity index (χ1) is 16.0. The molecule has 0 aromatic carbocycles. The monoisotopic (exact) mass is 584 g/mol. The summed E-state index contributed by atoms with van der Waals surface area (Å²) in [6, 6.07) is 0.285. The fourth-order valence-electron chi connectivity index (χ4n) is 3.87. The summed E-state index contributed by atoms with van der Waals surface area (Å²) in [5.74, 6) is -1.62. The summed E-state index contributed by atoms with van der Waals surface area (Å²) >= 11 is 0. The molecule has 0 amide bonds. The van der Waals surface area contributed by atoms with E-state index in [1.54, 1.807) is 13.8 Å². The van der Waals surface area contributed by atoms with Crippen LogP contribution in [0, 0.1) is 12.5 Å². The van der Waals surface area contributed by atoms with E-state index >= 15 is 0 Å². The van der Waals surface area contributed by atoms with Crippen molar-refractivity contribution in [1.29, 1.82) is 0 Å². The Kier molecular flexibility index (Phi) is 15.1. The zero-order valence-electron chi connectivity index (χ0n) is 20.2. The van der Waals surface area contributed by atoms with Crippen LogP contribution in [0.5, 0.6) is 0 Å². The standard InChI is InChI=1S/C18H37NO12S3Si/c1-4-29-35(30-5-2,31-6-3)18-10-14-19(11-7-15-32(20,21)22,12-8-16-33(23,24)25)13-9-17-34(26,27)28/h1H,5-18H2,2-3H3,(H2-,20,21,22,23,24,25,26,27,28)/p+1. The molecule has 0 aliphatic carbocycles. The van der Waals surface area contributed by atoms with Crippen molar-refractivity contribution in [2.24, 2.45) is 0 Å². The summed E-state index contributed by atoms with van der Waals surface area (Å²) in [5, 5.41) is 0.